The van der Waals surface area contributed by atoms with Gasteiger partial charge in [-0.05, 0) is 49.1 Å². The Bertz CT molecular complexity index is 982. The number of hydrogen-bond acceptors (Lipinski definition) is 4. The number of carbonyl (C=O) groups excluding carboxylic acids is 2. The van der Waals surface area contributed by atoms with Gasteiger partial charge in [0.1, 0.15) is 5.82 Å². The van der Waals surface area contributed by atoms with Crippen molar-refractivity contribution in [2.75, 3.05) is 5.32 Å². The third-order valence-electron chi connectivity index (χ3n) is 6.06. The molecule has 2 atom stereocenters. The van der Waals surface area contributed by atoms with Crippen molar-refractivity contribution in [1.82, 2.24) is 15.1 Å². The highest BCUT2D eigenvalue weighted by Gasteiger charge is 2.34. The zero-order valence-electron chi connectivity index (χ0n) is 18.1. The van der Waals surface area contributed by atoms with Crippen LogP contribution in [0, 0.1) is 18.3 Å². The number of nitrogens with one attached hydrogen (secondary N) is 2. The predicted molar refractivity (Wildman–Crippen MR) is 121 cm³/mol. The monoisotopic (exact) mass is 426 g/mol. The third-order valence-corrected chi connectivity index (χ3v) is 7.03. The van der Waals surface area contributed by atoms with E-state index in [-0.39, 0.29) is 11.5 Å². The highest BCUT2D eigenvalue weighted by Crippen LogP contribution is 2.39. The van der Waals surface area contributed by atoms with Gasteiger partial charge in [-0.25, -0.2) is 4.68 Å². The maximum absolute atomic E-state index is 12.8. The number of aryl methyl sites for hydroxylation is 1. The van der Waals surface area contributed by atoms with Crippen LogP contribution in [0.5, 0.6) is 0 Å². The van der Waals surface area contributed by atoms with Crippen molar-refractivity contribution >= 4 is 29.4 Å². The standard InChI is InChI=1S/C23H30N4O2S/c1-14-9-16(11-23(3,4)10-14)24-21(28)22(29)25-20-17-12-30-13-18(17)26-27(20)19-8-6-5-7-15(19)2/h5-8,14,16H,9-13H2,1-4H3,(H,24,28)(H,25,29)/t14-,16-/m1/s1. The molecule has 160 valence electrons. The van der Waals surface area contributed by atoms with E-state index in [2.05, 4.69) is 31.4 Å². The average Bonchev–Trinajstić information content (AvgIpc) is 3.23. The maximum Gasteiger partial charge on any atom is 0.314 e. The third kappa shape index (κ3) is 4.26. The first-order valence-corrected chi connectivity index (χ1v) is 11.8. The first-order chi connectivity index (χ1) is 14.2. The summed E-state index contributed by atoms with van der Waals surface area (Å²) in [6.07, 6.45) is 2.95. The zero-order valence-corrected chi connectivity index (χ0v) is 18.9. The number of hydrogen-bond donors (Lipinski definition) is 2. The largest absolute Gasteiger partial charge is 0.345 e. The Hall–Kier alpha value is -2.28. The smallest absolute Gasteiger partial charge is 0.314 e. The molecular weight excluding hydrogens is 396 g/mol. The molecule has 4 rings (SSSR count). The first kappa shape index (κ1) is 21.0. The molecule has 0 spiro atoms. The number of para-hydroxylation sites is 1. The number of nitrogens with zero attached hydrogens (tertiary/aromatic N) is 2. The highest BCUT2D eigenvalue weighted by molar-refractivity contribution is 7.98. The van der Waals surface area contributed by atoms with Crippen molar-refractivity contribution in [2.24, 2.45) is 11.3 Å². The van der Waals surface area contributed by atoms with E-state index in [1.165, 1.54) is 0 Å². The van der Waals surface area contributed by atoms with Gasteiger partial charge in [0, 0.05) is 23.1 Å². The zero-order chi connectivity index (χ0) is 21.5. The molecule has 2 aromatic rings. The lowest BCUT2D eigenvalue weighted by molar-refractivity contribution is -0.137. The Balaban J connectivity index is 1.53. The summed E-state index contributed by atoms with van der Waals surface area (Å²) < 4.78 is 1.77. The van der Waals surface area contributed by atoms with E-state index in [1.54, 1.807) is 16.4 Å². The minimum Gasteiger partial charge on any atom is -0.345 e. The molecular formula is C23H30N4O2S. The van der Waals surface area contributed by atoms with E-state index < -0.39 is 11.8 Å². The van der Waals surface area contributed by atoms with E-state index in [9.17, 15) is 9.59 Å². The second-order valence-corrected chi connectivity index (χ2v) is 10.5. The predicted octanol–water partition coefficient (Wildman–Crippen LogP) is 4.20. The lowest BCUT2D eigenvalue weighted by Crippen LogP contribution is -2.46. The van der Waals surface area contributed by atoms with Crippen LogP contribution in [0.25, 0.3) is 5.69 Å². The molecule has 2 amide bonds. The van der Waals surface area contributed by atoms with Gasteiger partial charge < -0.3 is 10.6 Å². The van der Waals surface area contributed by atoms with Crippen LogP contribution < -0.4 is 10.6 Å². The molecule has 30 heavy (non-hydrogen) atoms. The summed E-state index contributed by atoms with van der Waals surface area (Å²) in [6, 6.07) is 7.95. The van der Waals surface area contributed by atoms with Crippen LogP contribution >= 0.6 is 11.8 Å². The van der Waals surface area contributed by atoms with Gasteiger partial charge in [-0.3, -0.25) is 9.59 Å². The van der Waals surface area contributed by atoms with Gasteiger partial charge in [0.15, 0.2) is 0 Å². The highest BCUT2D eigenvalue weighted by atomic mass is 32.2. The van der Waals surface area contributed by atoms with E-state index in [1.807, 2.05) is 31.2 Å². The normalized spacial score (nSPS) is 22.4. The fraction of sp³-hybridized carbons (Fsp3) is 0.522. The lowest BCUT2D eigenvalue weighted by atomic mass is 9.70. The Morgan fingerprint density at radius 2 is 1.93 bits per heavy atom. The Morgan fingerprint density at radius 3 is 2.67 bits per heavy atom. The number of anilines is 1. The van der Waals surface area contributed by atoms with Gasteiger partial charge in [-0.15, -0.1) is 0 Å². The molecule has 1 saturated carbocycles. The van der Waals surface area contributed by atoms with E-state index in [0.29, 0.717) is 11.7 Å². The molecule has 1 aromatic carbocycles. The number of rotatable bonds is 3. The summed E-state index contributed by atoms with van der Waals surface area (Å²) in [7, 11) is 0. The van der Waals surface area contributed by atoms with Gasteiger partial charge in [-0.1, -0.05) is 39.0 Å². The van der Waals surface area contributed by atoms with Gasteiger partial charge in [0.2, 0.25) is 0 Å². The molecule has 2 heterocycles. The van der Waals surface area contributed by atoms with Crippen LogP contribution in [0.3, 0.4) is 0 Å². The number of carbonyl (C=O) groups is 2. The van der Waals surface area contributed by atoms with Crippen molar-refractivity contribution in [3.63, 3.8) is 0 Å². The van der Waals surface area contributed by atoms with Gasteiger partial charge in [0.05, 0.1) is 11.4 Å². The average molecular weight is 427 g/mol. The summed E-state index contributed by atoms with van der Waals surface area (Å²) in [6.45, 7) is 8.68. The molecule has 1 aliphatic heterocycles. The Morgan fingerprint density at radius 1 is 1.17 bits per heavy atom. The summed E-state index contributed by atoms with van der Waals surface area (Å²) >= 11 is 1.77. The topological polar surface area (TPSA) is 76.0 Å². The molecule has 0 saturated heterocycles. The van der Waals surface area contributed by atoms with Crippen molar-refractivity contribution in [3.8, 4) is 5.69 Å². The van der Waals surface area contributed by atoms with Crippen molar-refractivity contribution in [2.45, 2.75) is 64.5 Å². The van der Waals surface area contributed by atoms with E-state index in [4.69, 9.17) is 5.10 Å². The van der Waals surface area contributed by atoms with E-state index >= 15 is 0 Å². The molecule has 1 aromatic heterocycles. The fourth-order valence-electron chi connectivity index (χ4n) is 4.99. The molecule has 0 bridgehead atoms. The maximum atomic E-state index is 12.8. The summed E-state index contributed by atoms with van der Waals surface area (Å²) in [5.74, 6) is 1.56. The summed E-state index contributed by atoms with van der Waals surface area (Å²) in [4.78, 5) is 25.5. The molecule has 1 fully saturated rings. The van der Waals surface area contributed by atoms with Gasteiger partial charge in [0.25, 0.3) is 0 Å². The summed E-state index contributed by atoms with van der Waals surface area (Å²) in [5.41, 5.74) is 4.13. The Kier molecular flexibility index (Phi) is 5.66. The molecule has 2 aliphatic rings. The number of aromatic nitrogens is 2. The number of thioether (sulfide) groups is 1. The van der Waals surface area contributed by atoms with Gasteiger partial charge >= 0.3 is 11.8 Å². The minimum atomic E-state index is -0.625. The second kappa shape index (κ2) is 8.10. The van der Waals surface area contributed by atoms with E-state index in [0.717, 1.165) is 53.3 Å². The summed E-state index contributed by atoms with van der Waals surface area (Å²) in [5, 5.41) is 10.6. The van der Waals surface area contributed by atoms with Crippen LogP contribution in [0.2, 0.25) is 0 Å². The molecule has 6 nitrogen and oxygen atoms in total. The minimum absolute atomic E-state index is 0.0320. The lowest BCUT2D eigenvalue weighted by Gasteiger charge is -2.39. The van der Waals surface area contributed by atoms with Crippen LogP contribution in [-0.4, -0.2) is 27.6 Å². The number of benzene rings is 1. The first-order valence-electron chi connectivity index (χ1n) is 10.6. The fourth-order valence-corrected chi connectivity index (χ4v) is 6.02. The molecule has 7 heteroatoms. The number of amides is 2. The second-order valence-electron chi connectivity index (χ2n) is 9.50. The molecule has 0 unspecified atom stereocenters. The number of fused-ring (bicyclic) bond motifs is 1. The Labute approximate surface area is 182 Å². The van der Waals surface area contributed by atoms with Crippen molar-refractivity contribution in [3.05, 3.63) is 41.1 Å². The molecule has 2 N–H and O–H groups in total. The quantitative estimate of drug-likeness (QED) is 0.722. The van der Waals surface area contributed by atoms with Crippen LogP contribution in [-0.2, 0) is 21.1 Å². The van der Waals surface area contributed by atoms with Crippen molar-refractivity contribution < 1.29 is 9.59 Å². The van der Waals surface area contributed by atoms with Crippen LogP contribution in [0.4, 0.5) is 5.82 Å². The van der Waals surface area contributed by atoms with Crippen LogP contribution in [0.15, 0.2) is 24.3 Å². The van der Waals surface area contributed by atoms with Crippen molar-refractivity contribution in [1.29, 1.82) is 0 Å². The van der Waals surface area contributed by atoms with Crippen LogP contribution in [0.1, 0.15) is 56.9 Å². The molecule has 0 radical (unpaired) electrons. The molecule has 1 aliphatic carbocycles. The SMILES string of the molecule is Cc1ccccc1-n1nc2c(c1NC(=O)C(=O)N[C@@H]1C[C@@H](C)CC(C)(C)C1)CSC2. The van der Waals surface area contributed by atoms with Gasteiger partial charge in [-0.2, -0.15) is 16.9 Å².